The number of nitrogens with two attached hydrogens (primary N) is 1. The highest BCUT2D eigenvalue weighted by atomic mass is 16.5. The van der Waals surface area contributed by atoms with Gasteiger partial charge in [-0.3, -0.25) is 14.4 Å². The molecule has 6 rings (SSSR count). The molecule has 0 unspecified atom stereocenters. The van der Waals surface area contributed by atoms with Crippen LogP contribution < -0.4 is 16.4 Å². The number of amides is 3. The summed E-state index contributed by atoms with van der Waals surface area (Å²) in [6.45, 7) is 1.91. The highest BCUT2D eigenvalue weighted by Crippen LogP contribution is 2.32. The summed E-state index contributed by atoms with van der Waals surface area (Å²) < 4.78 is 11.5. The monoisotopic (exact) mass is 567 g/mol. The Hall–Kier alpha value is -5.59. The molecule has 0 fully saturated rings. The van der Waals surface area contributed by atoms with E-state index < -0.39 is 23.7 Å². The summed E-state index contributed by atoms with van der Waals surface area (Å²) in [5, 5.41) is 9.91. The summed E-state index contributed by atoms with van der Waals surface area (Å²) in [5.41, 5.74) is 9.67. The number of aryl methyl sites for hydroxylation is 2. The minimum Gasteiger partial charge on any atom is -0.465 e. The van der Waals surface area contributed by atoms with Gasteiger partial charge in [-0.2, -0.15) is 5.10 Å². The largest absolute Gasteiger partial charge is 0.465 e. The van der Waals surface area contributed by atoms with Crippen molar-refractivity contribution in [2.75, 3.05) is 7.11 Å². The van der Waals surface area contributed by atoms with E-state index in [1.165, 1.54) is 23.9 Å². The number of primary amides is 1. The number of nitrogens with one attached hydrogen (secondary N) is 2. The third-order valence-corrected chi connectivity index (χ3v) is 7.16. The molecule has 3 aromatic heterocycles. The normalized spacial score (nSPS) is 14.1. The average molecular weight is 568 g/mol. The maximum atomic E-state index is 13.6. The maximum absolute atomic E-state index is 13.6. The van der Waals surface area contributed by atoms with E-state index in [1.54, 1.807) is 43.3 Å². The Kier molecular flexibility index (Phi) is 6.61. The van der Waals surface area contributed by atoms with E-state index in [0.717, 1.165) is 16.7 Å². The van der Waals surface area contributed by atoms with E-state index in [4.69, 9.17) is 14.9 Å². The third kappa shape index (κ3) is 4.80. The van der Waals surface area contributed by atoms with Crippen LogP contribution in [0.5, 0.6) is 0 Å². The minimum absolute atomic E-state index is 0.00299. The molecule has 13 heteroatoms. The van der Waals surface area contributed by atoms with Gasteiger partial charge >= 0.3 is 5.97 Å². The van der Waals surface area contributed by atoms with Crippen LogP contribution in [0, 0.1) is 6.92 Å². The molecule has 1 aliphatic carbocycles. The lowest BCUT2D eigenvalue weighted by Crippen LogP contribution is -2.31. The van der Waals surface area contributed by atoms with E-state index in [9.17, 15) is 19.2 Å². The lowest BCUT2D eigenvalue weighted by atomic mass is 10.0. The van der Waals surface area contributed by atoms with Crippen LogP contribution in [0.2, 0.25) is 0 Å². The molecule has 1 atom stereocenters. The molecule has 0 bridgehead atoms. The molecule has 212 valence electrons. The molecule has 3 heterocycles. The smallest absolute Gasteiger partial charge is 0.337 e. The lowest BCUT2D eigenvalue weighted by molar-refractivity contribution is 0.0600. The second-order valence-electron chi connectivity index (χ2n) is 9.87. The predicted molar refractivity (Wildman–Crippen MR) is 148 cm³/mol. The first-order chi connectivity index (χ1) is 20.2. The zero-order chi connectivity index (χ0) is 29.5. The number of hydrogen-bond donors (Lipinski definition) is 3. The van der Waals surface area contributed by atoms with Crippen LogP contribution in [0.15, 0.2) is 53.1 Å². The SMILES string of the molecule is COC(=O)c1ccc2c(c1)CC[C@@H]2NC(=O)c1cc(C(=O)NCc2ccc3oc(C)nc3c2)nc2c(C(N)=O)cnn12. The molecule has 2 aromatic carbocycles. The molecule has 3 amide bonds. The number of benzene rings is 2. The number of carbonyl (C=O) groups is 4. The van der Waals surface area contributed by atoms with E-state index in [2.05, 4.69) is 25.7 Å². The number of hydrogen-bond acceptors (Lipinski definition) is 9. The fraction of sp³-hybridized carbons (Fsp3) is 0.207. The van der Waals surface area contributed by atoms with E-state index in [-0.39, 0.29) is 35.2 Å². The summed E-state index contributed by atoms with van der Waals surface area (Å²) in [6, 6.07) is 11.5. The Balaban J connectivity index is 1.27. The number of rotatable bonds is 7. The van der Waals surface area contributed by atoms with Gasteiger partial charge in [0.2, 0.25) is 0 Å². The molecule has 42 heavy (non-hydrogen) atoms. The van der Waals surface area contributed by atoms with Crippen molar-refractivity contribution in [2.45, 2.75) is 32.4 Å². The van der Waals surface area contributed by atoms with Gasteiger partial charge in [0.1, 0.15) is 22.5 Å². The van der Waals surface area contributed by atoms with Crippen LogP contribution in [-0.4, -0.2) is 50.4 Å². The van der Waals surface area contributed by atoms with Crippen LogP contribution in [-0.2, 0) is 17.7 Å². The molecular weight excluding hydrogens is 542 g/mol. The lowest BCUT2D eigenvalue weighted by Gasteiger charge is -2.15. The van der Waals surface area contributed by atoms with Gasteiger partial charge in [-0.25, -0.2) is 19.3 Å². The maximum Gasteiger partial charge on any atom is 0.337 e. The zero-order valence-corrected chi connectivity index (χ0v) is 22.6. The van der Waals surface area contributed by atoms with Crippen molar-refractivity contribution in [1.82, 2.24) is 30.2 Å². The van der Waals surface area contributed by atoms with Crippen molar-refractivity contribution < 1.29 is 28.3 Å². The highest BCUT2D eigenvalue weighted by molar-refractivity contribution is 6.02. The van der Waals surface area contributed by atoms with Gasteiger partial charge in [0.25, 0.3) is 17.7 Å². The number of fused-ring (bicyclic) bond motifs is 3. The zero-order valence-electron chi connectivity index (χ0n) is 22.6. The number of nitrogens with zero attached hydrogens (tertiary/aromatic N) is 4. The minimum atomic E-state index is -0.802. The standard InChI is InChI=1S/C29H25N7O6/c1-14-33-21-9-15(3-8-24(21)42-14)12-31-27(38)22-11-23(36-26(34-22)19(13-32-36)25(30)37)28(39)35-20-7-5-16-10-17(29(40)41-2)4-6-18(16)20/h3-4,6,8-11,13,20H,5,7,12H2,1-2H3,(H2,30,37)(H,31,38)(H,35,39)/t20-/m0/s1. The van der Waals surface area contributed by atoms with Gasteiger partial charge in [0.05, 0.1) is 24.9 Å². The predicted octanol–water partition coefficient (Wildman–Crippen LogP) is 2.41. The van der Waals surface area contributed by atoms with Gasteiger partial charge in [-0.15, -0.1) is 0 Å². The van der Waals surface area contributed by atoms with Crippen LogP contribution in [0.3, 0.4) is 0 Å². The summed E-state index contributed by atoms with van der Waals surface area (Å²) in [4.78, 5) is 59.4. The van der Waals surface area contributed by atoms with Crippen molar-refractivity contribution in [3.63, 3.8) is 0 Å². The molecule has 1 aliphatic rings. The molecular formula is C29H25N7O6. The van der Waals surface area contributed by atoms with Gasteiger partial charge < -0.3 is 25.5 Å². The van der Waals surface area contributed by atoms with Gasteiger partial charge in [0.15, 0.2) is 17.1 Å². The van der Waals surface area contributed by atoms with Crippen LogP contribution >= 0.6 is 0 Å². The van der Waals surface area contributed by atoms with Gasteiger partial charge in [-0.05, 0) is 53.8 Å². The Morgan fingerprint density at radius 1 is 1.10 bits per heavy atom. The number of ether oxygens (including phenoxy) is 1. The van der Waals surface area contributed by atoms with E-state index in [0.29, 0.717) is 35.4 Å². The molecule has 5 aromatic rings. The Labute approximate surface area is 238 Å². The first-order valence-electron chi connectivity index (χ1n) is 13.1. The quantitative estimate of drug-likeness (QED) is 0.249. The second kappa shape index (κ2) is 10.4. The Morgan fingerprint density at radius 3 is 2.71 bits per heavy atom. The summed E-state index contributed by atoms with van der Waals surface area (Å²) >= 11 is 0. The third-order valence-electron chi connectivity index (χ3n) is 7.16. The first-order valence-corrected chi connectivity index (χ1v) is 13.1. The number of esters is 1. The molecule has 0 saturated heterocycles. The number of oxazole rings is 1. The molecule has 0 spiro atoms. The molecule has 4 N–H and O–H groups in total. The summed E-state index contributed by atoms with van der Waals surface area (Å²) in [6.07, 6.45) is 2.46. The number of aromatic nitrogens is 4. The topological polar surface area (TPSA) is 184 Å². The fourth-order valence-electron chi connectivity index (χ4n) is 5.13. The van der Waals surface area contributed by atoms with Crippen LogP contribution in [0.1, 0.15) is 76.7 Å². The van der Waals surface area contributed by atoms with Crippen molar-refractivity contribution >= 4 is 40.4 Å². The average Bonchev–Trinajstić information content (AvgIpc) is 3.70. The first kappa shape index (κ1) is 26.6. The van der Waals surface area contributed by atoms with Crippen LogP contribution in [0.4, 0.5) is 0 Å². The van der Waals surface area contributed by atoms with Gasteiger partial charge in [0, 0.05) is 19.5 Å². The highest BCUT2D eigenvalue weighted by Gasteiger charge is 2.28. The van der Waals surface area contributed by atoms with Crippen molar-refractivity contribution in [3.8, 4) is 0 Å². The fourth-order valence-corrected chi connectivity index (χ4v) is 5.13. The van der Waals surface area contributed by atoms with Crippen molar-refractivity contribution in [1.29, 1.82) is 0 Å². The van der Waals surface area contributed by atoms with E-state index in [1.807, 2.05) is 0 Å². The Bertz CT molecular complexity index is 1920. The molecule has 0 aliphatic heterocycles. The van der Waals surface area contributed by atoms with Crippen molar-refractivity contribution in [3.05, 3.63) is 93.8 Å². The van der Waals surface area contributed by atoms with E-state index >= 15 is 0 Å². The van der Waals surface area contributed by atoms with Crippen molar-refractivity contribution in [2.24, 2.45) is 5.73 Å². The molecule has 13 nitrogen and oxygen atoms in total. The molecule has 0 radical (unpaired) electrons. The number of methoxy groups -OCH3 is 1. The summed E-state index contributed by atoms with van der Waals surface area (Å²) in [5.74, 6) is -1.80. The van der Waals surface area contributed by atoms with Gasteiger partial charge in [-0.1, -0.05) is 12.1 Å². The molecule has 0 saturated carbocycles. The summed E-state index contributed by atoms with van der Waals surface area (Å²) in [7, 11) is 1.32. The Morgan fingerprint density at radius 2 is 1.93 bits per heavy atom. The van der Waals surface area contributed by atoms with Crippen LogP contribution in [0.25, 0.3) is 16.7 Å². The second-order valence-corrected chi connectivity index (χ2v) is 9.87. The number of carbonyl (C=O) groups excluding carboxylic acids is 4.